The molecule has 184 valence electrons. The van der Waals surface area contributed by atoms with E-state index in [0.717, 1.165) is 6.20 Å². The molecule has 0 aliphatic heterocycles. The molecule has 10 nitrogen and oxygen atoms in total. The summed E-state index contributed by atoms with van der Waals surface area (Å²) < 4.78 is 84.1. The number of methoxy groups -OCH3 is 1. The zero-order valence-corrected chi connectivity index (χ0v) is 18.9. The van der Waals surface area contributed by atoms with Crippen LogP contribution in [0.3, 0.4) is 0 Å². The lowest BCUT2D eigenvalue weighted by Gasteiger charge is -2.22. The van der Waals surface area contributed by atoms with Crippen LogP contribution in [-0.4, -0.2) is 54.0 Å². The number of ether oxygens (including phenoxy) is 2. The summed E-state index contributed by atoms with van der Waals surface area (Å²) in [5.41, 5.74) is 0.390. The summed E-state index contributed by atoms with van der Waals surface area (Å²) in [7, 11) is -2.71. The van der Waals surface area contributed by atoms with E-state index in [-0.39, 0.29) is 34.7 Å². The maximum Gasteiger partial charge on any atom is 0.429 e. The molecule has 0 bridgehead atoms. The van der Waals surface area contributed by atoms with Crippen LogP contribution in [0.2, 0.25) is 0 Å². The molecule has 0 saturated carbocycles. The van der Waals surface area contributed by atoms with Crippen molar-refractivity contribution >= 4 is 26.9 Å². The Morgan fingerprint density at radius 1 is 1.09 bits per heavy atom. The van der Waals surface area contributed by atoms with Crippen molar-refractivity contribution in [2.24, 2.45) is 0 Å². The zero-order chi connectivity index (χ0) is 25.1. The van der Waals surface area contributed by atoms with Crippen molar-refractivity contribution in [3.8, 4) is 17.3 Å². The SMILES string of the molecule is COCCS(=O)(=O)Nc1nc2ccccc2nc1O[C@H](c1ccc(-c2cnco2)nc1)C(F)(F)F. The van der Waals surface area contributed by atoms with Gasteiger partial charge in [-0.05, 0) is 18.2 Å². The van der Waals surface area contributed by atoms with Crippen molar-refractivity contribution in [1.29, 1.82) is 0 Å². The molecule has 4 aromatic rings. The molecule has 0 aliphatic carbocycles. The van der Waals surface area contributed by atoms with Crippen LogP contribution in [0.4, 0.5) is 19.0 Å². The van der Waals surface area contributed by atoms with Gasteiger partial charge in [-0.3, -0.25) is 9.71 Å². The highest BCUT2D eigenvalue weighted by atomic mass is 32.2. The second-order valence-electron chi connectivity index (χ2n) is 7.16. The molecule has 1 N–H and O–H groups in total. The molecule has 0 fully saturated rings. The van der Waals surface area contributed by atoms with Crippen molar-refractivity contribution in [2.45, 2.75) is 12.3 Å². The first-order valence-electron chi connectivity index (χ1n) is 10.0. The summed E-state index contributed by atoms with van der Waals surface area (Å²) in [6.07, 6.45) is -3.90. The molecule has 1 atom stereocenters. The molecule has 1 aromatic carbocycles. The van der Waals surface area contributed by atoms with Crippen molar-refractivity contribution < 1.29 is 35.5 Å². The number of hydrogen-bond acceptors (Lipinski definition) is 9. The number of fused-ring (bicyclic) bond motifs is 1. The van der Waals surface area contributed by atoms with Gasteiger partial charge in [-0.25, -0.2) is 23.4 Å². The van der Waals surface area contributed by atoms with Crippen LogP contribution in [0.15, 0.2) is 59.6 Å². The van der Waals surface area contributed by atoms with Crippen LogP contribution in [0.25, 0.3) is 22.5 Å². The lowest BCUT2D eigenvalue weighted by atomic mass is 10.1. The standard InChI is InChI=1S/C21H18F3N5O5S/c1-32-8-9-35(30,31)29-19-20(28-15-5-3-2-4-14(15)27-19)34-18(21(22,23)24)13-6-7-16(26-10-13)17-11-25-12-33-17/h2-7,10-12,18H,8-9H2,1H3,(H,27,29)/t18-/m1/s1. The number of anilines is 1. The largest absolute Gasteiger partial charge is 0.457 e. The minimum atomic E-state index is -4.89. The van der Waals surface area contributed by atoms with Crippen LogP contribution >= 0.6 is 0 Å². The summed E-state index contributed by atoms with van der Waals surface area (Å²) in [5, 5.41) is 0. The Labute approximate surface area is 197 Å². The first kappa shape index (κ1) is 24.3. The average molecular weight is 509 g/mol. The third kappa shape index (κ3) is 5.84. The predicted octanol–water partition coefficient (Wildman–Crippen LogP) is 3.75. The van der Waals surface area contributed by atoms with Crippen molar-refractivity contribution in [1.82, 2.24) is 19.9 Å². The van der Waals surface area contributed by atoms with Crippen LogP contribution < -0.4 is 9.46 Å². The number of benzene rings is 1. The molecular formula is C21H18F3N5O5S. The molecule has 0 unspecified atom stereocenters. The van der Waals surface area contributed by atoms with Crippen molar-refractivity contribution in [2.75, 3.05) is 24.2 Å². The fourth-order valence-corrected chi connectivity index (χ4v) is 3.92. The Morgan fingerprint density at radius 3 is 2.43 bits per heavy atom. The molecule has 0 radical (unpaired) electrons. The molecule has 3 heterocycles. The Morgan fingerprint density at radius 2 is 1.83 bits per heavy atom. The quantitative estimate of drug-likeness (QED) is 0.359. The van der Waals surface area contributed by atoms with Crippen molar-refractivity contribution in [3.63, 3.8) is 0 Å². The number of alkyl halides is 3. The van der Waals surface area contributed by atoms with Crippen LogP contribution in [0.5, 0.6) is 5.88 Å². The van der Waals surface area contributed by atoms with E-state index in [1.165, 1.54) is 44.0 Å². The number of halogens is 3. The molecule has 4 rings (SSSR count). The smallest absolute Gasteiger partial charge is 0.429 e. The van der Waals surface area contributed by atoms with Gasteiger partial charge >= 0.3 is 6.18 Å². The number of sulfonamides is 1. The van der Waals surface area contributed by atoms with E-state index in [1.807, 2.05) is 0 Å². The van der Waals surface area contributed by atoms with Gasteiger partial charge in [0, 0.05) is 18.9 Å². The number of hydrogen-bond donors (Lipinski definition) is 1. The molecule has 0 amide bonds. The minimum Gasteiger partial charge on any atom is -0.457 e. The van der Waals surface area contributed by atoms with Gasteiger partial charge < -0.3 is 13.9 Å². The van der Waals surface area contributed by atoms with Crippen molar-refractivity contribution in [3.05, 3.63) is 60.7 Å². The van der Waals surface area contributed by atoms with E-state index >= 15 is 0 Å². The van der Waals surface area contributed by atoms with Crippen LogP contribution in [-0.2, 0) is 14.8 Å². The van der Waals surface area contributed by atoms with Gasteiger partial charge in [0.25, 0.3) is 5.88 Å². The van der Waals surface area contributed by atoms with E-state index in [0.29, 0.717) is 0 Å². The van der Waals surface area contributed by atoms with E-state index in [9.17, 15) is 21.6 Å². The summed E-state index contributed by atoms with van der Waals surface area (Å²) in [4.78, 5) is 15.9. The fourth-order valence-electron chi connectivity index (χ4n) is 3.01. The van der Waals surface area contributed by atoms with Gasteiger partial charge in [-0.2, -0.15) is 13.2 Å². The topological polar surface area (TPSA) is 129 Å². The number of nitrogens with one attached hydrogen (secondary N) is 1. The van der Waals surface area contributed by atoms with Gasteiger partial charge in [-0.15, -0.1) is 0 Å². The van der Waals surface area contributed by atoms with Gasteiger partial charge in [0.05, 0.1) is 29.6 Å². The summed E-state index contributed by atoms with van der Waals surface area (Å²) >= 11 is 0. The van der Waals surface area contributed by atoms with Gasteiger partial charge in [0.15, 0.2) is 12.2 Å². The number of nitrogens with zero attached hydrogens (tertiary/aromatic N) is 4. The molecule has 3 aromatic heterocycles. The highest BCUT2D eigenvalue weighted by Gasteiger charge is 2.44. The second kappa shape index (κ2) is 9.84. The van der Waals surface area contributed by atoms with Gasteiger partial charge in [0.1, 0.15) is 5.69 Å². The summed E-state index contributed by atoms with van der Waals surface area (Å²) in [6, 6.07) is 8.76. The first-order valence-corrected chi connectivity index (χ1v) is 11.7. The highest BCUT2D eigenvalue weighted by Crippen LogP contribution is 2.38. The Balaban J connectivity index is 1.72. The number of pyridine rings is 1. The molecule has 0 saturated heterocycles. The second-order valence-corrected chi connectivity index (χ2v) is 9.00. The highest BCUT2D eigenvalue weighted by molar-refractivity contribution is 7.92. The van der Waals surface area contributed by atoms with Crippen LogP contribution in [0.1, 0.15) is 11.7 Å². The Kier molecular flexibility index (Phi) is 6.84. The number of oxazole rings is 1. The summed E-state index contributed by atoms with van der Waals surface area (Å²) in [6.45, 7) is -0.138. The lowest BCUT2D eigenvalue weighted by Crippen LogP contribution is -2.28. The number of rotatable bonds is 9. The normalized spacial score (nSPS) is 13.0. The fraction of sp³-hybridized carbons (Fsp3) is 0.238. The summed E-state index contributed by atoms with van der Waals surface area (Å²) in [5.74, 6) is -1.31. The van der Waals surface area contributed by atoms with E-state index in [2.05, 4.69) is 24.7 Å². The third-order valence-electron chi connectivity index (χ3n) is 4.65. The minimum absolute atomic E-state index is 0.138. The third-order valence-corrected chi connectivity index (χ3v) is 5.86. The monoisotopic (exact) mass is 509 g/mol. The maximum atomic E-state index is 14.0. The zero-order valence-electron chi connectivity index (χ0n) is 18.1. The van der Waals surface area contributed by atoms with Gasteiger partial charge in [-0.1, -0.05) is 18.2 Å². The molecule has 0 aliphatic rings. The van der Waals surface area contributed by atoms with E-state index < -0.39 is 39.8 Å². The number of para-hydroxylation sites is 2. The van der Waals surface area contributed by atoms with E-state index in [1.54, 1.807) is 12.1 Å². The lowest BCUT2D eigenvalue weighted by molar-refractivity contribution is -0.198. The predicted molar refractivity (Wildman–Crippen MR) is 118 cm³/mol. The average Bonchev–Trinajstić information content (AvgIpc) is 3.35. The molecule has 0 spiro atoms. The maximum absolute atomic E-state index is 14.0. The molecule has 35 heavy (non-hydrogen) atoms. The molecule has 14 heteroatoms. The first-order chi connectivity index (χ1) is 16.7. The number of aromatic nitrogens is 4. The Bertz CT molecular complexity index is 1400. The Hall–Kier alpha value is -3.78. The van der Waals surface area contributed by atoms with E-state index in [4.69, 9.17) is 13.9 Å². The van der Waals surface area contributed by atoms with Crippen LogP contribution in [0, 0.1) is 0 Å². The van der Waals surface area contributed by atoms with Gasteiger partial charge in [0.2, 0.25) is 21.9 Å². The molecular weight excluding hydrogens is 491 g/mol.